The lowest BCUT2D eigenvalue weighted by atomic mass is 10.2. The second kappa shape index (κ2) is 6.41. The highest BCUT2D eigenvalue weighted by atomic mass is 35.5. The van der Waals surface area contributed by atoms with E-state index in [-0.39, 0.29) is 16.9 Å². The van der Waals surface area contributed by atoms with Gasteiger partial charge in [-0.3, -0.25) is 4.79 Å². The predicted octanol–water partition coefficient (Wildman–Crippen LogP) is 4.02. The first-order chi connectivity index (χ1) is 7.11. The second-order valence-electron chi connectivity index (χ2n) is 3.26. The van der Waals surface area contributed by atoms with Crippen LogP contribution in [-0.4, -0.2) is 16.9 Å². The Bertz CT molecular complexity index is 324. The number of halogens is 2. The first-order valence-electron chi connectivity index (χ1n) is 4.61. The quantitative estimate of drug-likeness (QED) is 0.589. The normalized spacial score (nSPS) is 12.5. The molecule has 0 fully saturated rings. The molecule has 0 N–H and O–H groups in total. The molecular weight excluding hydrogens is 251 g/mol. The van der Waals surface area contributed by atoms with Crippen LogP contribution in [0.3, 0.4) is 0 Å². The van der Waals surface area contributed by atoms with E-state index in [4.69, 9.17) is 23.2 Å². The molecule has 0 aliphatic heterocycles. The third kappa shape index (κ3) is 4.92. The second-order valence-corrected chi connectivity index (χ2v) is 5.47. The highest BCUT2D eigenvalue weighted by Crippen LogP contribution is 2.26. The number of benzene rings is 1. The molecule has 0 aliphatic rings. The standard InChI is InChI=1S/C11H12Cl2OS/c1-8(6-10(14)7-12)15-11-4-2-9(13)3-5-11/h2-5,8H,6-7H2,1H3. The third-order valence-electron chi connectivity index (χ3n) is 1.82. The van der Waals surface area contributed by atoms with E-state index >= 15 is 0 Å². The van der Waals surface area contributed by atoms with E-state index in [1.807, 2.05) is 31.2 Å². The van der Waals surface area contributed by atoms with E-state index < -0.39 is 0 Å². The zero-order valence-corrected chi connectivity index (χ0v) is 10.7. The molecule has 4 heteroatoms. The Morgan fingerprint density at radius 3 is 2.53 bits per heavy atom. The molecule has 0 spiro atoms. The van der Waals surface area contributed by atoms with Gasteiger partial charge < -0.3 is 0 Å². The van der Waals surface area contributed by atoms with Crippen molar-refractivity contribution < 1.29 is 4.79 Å². The average molecular weight is 263 g/mol. The van der Waals surface area contributed by atoms with Crippen LogP contribution in [0.4, 0.5) is 0 Å². The van der Waals surface area contributed by atoms with Crippen LogP contribution in [0.5, 0.6) is 0 Å². The Balaban J connectivity index is 2.47. The van der Waals surface area contributed by atoms with Gasteiger partial charge in [-0.2, -0.15) is 0 Å². The van der Waals surface area contributed by atoms with Crippen LogP contribution in [-0.2, 0) is 4.79 Å². The maximum Gasteiger partial charge on any atom is 0.148 e. The number of thioether (sulfide) groups is 1. The van der Waals surface area contributed by atoms with Gasteiger partial charge in [0, 0.05) is 21.6 Å². The summed E-state index contributed by atoms with van der Waals surface area (Å²) >= 11 is 12.9. The number of hydrogen-bond acceptors (Lipinski definition) is 2. The number of rotatable bonds is 5. The smallest absolute Gasteiger partial charge is 0.148 e. The molecule has 82 valence electrons. The van der Waals surface area contributed by atoms with Crippen molar-refractivity contribution in [3.63, 3.8) is 0 Å². The van der Waals surface area contributed by atoms with E-state index in [2.05, 4.69) is 0 Å². The Labute approximate surface area is 104 Å². The predicted molar refractivity (Wildman–Crippen MR) is 67.1 cm³/mol. The fourth-order valence-electron chi connectivity index (χ4n) is 1.16. The number of Topliss-reactive ketones (excluding diaryl/α,β-unsaturated/α-hetero) is 1. The molecule has 0 aliphatic carbocycles. The molecule has 0 radical (unpaired) electrons. The minimum absolute atomic E-state index is 0.0885. The number of hydrogen-bond donors (Lipinski definition) is 0. The lowest BCUT2D eigenvalue weighted by Gasteiger charge is -2.09. The zero-order valence-electron chi connectivity index (χ0n) is 8.37. The number of alkyl halides is 1. The molecule has 1 unspecified atom stereocenters. The van der Waals surface area contributed by atoms with Crippen LogP contribution < -0.4 is 0 Å². The van der Waals surface area contributed by atoms with Crippen molar-refractivity contribution in [3.8, 4) is 0 Å². The summed E-state index contributed by atoms with van der Waals surface area (Å²) in [6, 6.07) is 7.60. The molecule has 0 amide bonds. The first-order valence-corrected chi connectivity index (χ1v) is 6.41. The van der Waals surface area contributed by atoms with Crippen molar-refractivity contribution in [2.45, 2.75) is 23.5 Å². The van der Waals surface area contributed by atoms with Crippen LogP contribution in [0, 0.1) is 0 Å². The summed E-state index contributed by atoms with van der Waals surface area (Å²) < 4.78 is 0. The van der Waals surface area contributed by atoms with Gasteiger partial charge in [0.15, 0.2) is 0 Å². The molecule has 0 saturated carbocycles. The van der Waals surface area contributed by atoms with Gasteiger partial charge in [0.1, 0.15) is 5.78 Å². The van der Waals surface area contributed by atoms with Gasteiger partial charge >= 0.3 is 0 Å². The molecule has 1 atom stereocenters. The van der Waals surface area contributed by atoms with Crippen molar-refractivity contribution in [2.75, 3.05) is 5.88 Å². The first kappa shape index (κ1) is 12.9. The maximum absolute atomic E-state index is 11.1. The summed E-state index contributed by atoms with van der Waals surface area (Å²) in [7, 11) is 0. The molecule has 1 nitrogen and oxygen atoms in total. The number of ketones is 1. The van der Waals surface area contributed by atoms with E-state index in [1.54, 1.807) is 11.8 Å². The van der Waals surface area contributed by atoms with Gasteiger partial charge in [-0.05, 0) is 24.3 Å². The summed E-state index contributed by atoms with van der Waals surface area (Å²) in [6.07, 6.45) is 0.511. The molecule has 0 saturated heterocycles. The molecular formula is C11H12Cl2OS. The molecule has 0 aromatic heterocycles. The van der Waals surface area contributed by atoms with Gasteiger partial charge in [0.2, 0.25) is 0 Å². The average Bonchev–Trinajstić information content (AvgIpc) is 2.21. The van der Waals surface area contributed by atoms with Crippen LogP contribution in [0.15, 0.2) is 29.2 Å². The van der Waals surface area contributed by atoms with Gasteiger partial charge in [-0.1, -0.05) is 18.5 Å². The van der Waals surface area contributed by atoms with Gasteiger partial charge in [0.05, 0.1) is 5.88 Å². The largest absolute Gasteiger partial charge is 0.298 e. The van der Waals surface area contributed by atoms with E-state index in [0.717, 1.165) is 9.92 Å². The molecule has 15 heavy (non-hydrogen) atoms. The summed E-state index contributed by atoms with van der Waals surface area (Å²) in [5.74, 6) is 0.191. The number of carbonyl (C=O) groups excluding carboxylic acids is 1. The molecule has 1 aromatic rings. The van der Waals surface area contributed by atoms with Gasteiger partial charge in [0.25, 0.3) is 0 Å². The minimum Gasteiger partial charge on any atom is -0.298 e. The Morgan fingerprint density at radius 1 is 1.40 bits per heavy atom. The van der Waals surface area contributed by atoms with Crippen molar-refractivity contribution in [1.29, 1.82) is 0 Å². The monoisotopic (exact) mass is 262 g/mol. The number of carbonyl (C=O) groups is 1. The molecule has 0 heterocycles. The highest BCUT2D eigenvalue weighted by Gasteiger charge is 2.09. The topological polar surface area (TPSA) is 17.1 Å². The summed E-state index contributed by atoms with van der Waals surface area (Å²) in [5, 5.41) is 0.973. The van der Waals surface area contributed by atoms with E-state index in [0.29, 0.717) is 6.42 Å². The third-order valence-corrected chi connectivity index (χ3v) is 3.48. The Morgan fingerprint density at radius 2 is 2.00 bits per heavy atom. The fourth-order valence-corrected chi connectivity index (χ4v) is 2.42. The van der Waals surface area contributed by atoms with Crippen molar-refractivity contribution in [1.82, 2.24) is 0 Å². The lowest BCUT2D eigenvalue weighted by Crippen LogP contribution is -2.07. The zero-order chi connectivity index (χ0) is 11.3. The van der Waals surface area contributed by atoms with Gasteiger partial charge in [-0.25, -0.2) is 0 Å². The van der Waals surface area contributed by atoms with E-state index in [1.165, 1.54) is 0 Å². The van der Waals surface area contributed by atoms with Gasteiger partial charge in [-0.15, -0.1) is 23.4 Å². The molecule has 0 bridgehead atoms. The Kier molecular flexibility index (Phi) is 5.51. The van der Waals surface area contributed by atoms with Crippen molar-refractivity contribution in [2.24, 2.45) is 0 Å². The summed E-state index contributed by atoms with van der Waals surface area (Å²) in [6.45, 7) is 2.02. The summed E-state index contributed by atoms with van der Waals surface area (Å²) in [4.78, 5) is 12.2. The van der Waals surface area contributed by atoms with Crippen LogP contribution in [0.25, 0.3) is 0 Å². The fraction of sp³-hybridized carbons (Fsp3) is 0.364. The highest BCUT2D eigenvalue weighted by molar-refractivity contribution is 8.00. The Hall–Kier alpha value is -0.180. The molecule has 1 aromatic carbocycles. The lowest BCUT2D eigenvalue weighted by molar-refractivity contribution is -0.116. The van der Waals surface area contributed by atoms with Crippen LogP contribution in [0.1, 0.15) is 13.3 Å². The SMILES string of the molecule is CC(CC(=O)CCl)Sc1ccc(Cl)cc1. The van der Waals surface area contributed by atoms with Crippen LogP contribution in [0.2, 0.25) is 5.02 Å². The van der Waals surface area contributed by atoms with Crippen LogP contribution >= 0.6 is 35.0 Å². The minimum atomic E-state index is 0.0885. The van der Waals surface area contributed by atoms with Crippen molar-refractivity contribution >= 4 is 40.7 Å². The summed E-state index contributed by atoms with van der Waals surface area (Å²) in [5.41, 5.74) is 0. The maximum atomic E-state index is 11.1. The van der Waals surface area contributed by atoms with E-state index in [9.17, 15) is 4.79 Å². The molecule has 1 rings (SSSR count). The van der Waals surface area contributed by atoms with Crippen molar-refractivity contribution in [3.05, 3.63) is 29.3 Å².